The zero-order valence-electron chi connectivity index (χ0n) is 7.04. The van der Waals surface area contributed by atoms with Gasteiger partial charge in [0.05, 0.1) is 11.7 Å². The third kappa shape index (κ3) is 1.15. The van der Waals surface area contributed by atoms with Gasteiger partial charge in [-0.1, -0.05) is 12.1 Å². The predicted octanol–water partition coefficient (Wildman–Crippen LogP) is 0.923. The van der Waals surface area contributed by atoms with Crippen LogP contribution in [0.4, 0.5) is 4.79 Å². The molecule has 0 saturated carbocycles. The van der Waals surface area contributed by atoms with Gasteiger partial charge in [-0.15, -0.1) is 0 Å². The highest BCUT2D eigenvalue weighted by atomic mass is 16.4. The minimum absolute atomic E-state index is 0.280. The van der Waals surface area contributed by atoms with E-state index in [0.717, 1.165) is 10.9 Å². The fourth-order valence-corrected chi connectivity index (χ4v) is 1.26. The molecular weight excluding hydrogens is 184 g/mol. The SMILES string of the molecule is O=C(O)n1ncc(=O)c2ccccc21. The van der Waals surface area contributed by atoms with E-state index in [1.807, 2.05) is 0 Å². The zero-order valence-corrected chi connectivity index (χ0v) is 7.04. The first-order valence-electron chi connectivity index (χ1n) is 3.90. The molecule has 0 aliphatic carbocycles. The van der Waals surface area contributed by atoms with Gasteiger partial charge in [0.1, 0.15) is 0 Å². The second-order valence-corrected chi connectivity index (χ2v) is 2.72. The van der Waals surface area contributed by atoms with Crippen molar-refractivity contribution in [2.45, 2.75) is 0 Å². The van der Waals surface area contributed by atoms with Crippen molar-refractivity contribution >= 4 is 17.0 Å². The summed E-state index contributed by atoms with van der Waals surface area (Å²) in [5, 5.41) is 12.6. The number of fused-ring (bicyclic) bond motifs is 1. The van der Waals surface area contributed by atoms with Crippen molar-refractivity contribution in [3.05, 3.63) is 40.7 Å². The van der Waals surface area contributed by atoms with E-state index in [1.165, 1.54) is 6.07 Å². The number of carbonyl (C=O) groups is 1. The summed E-state index contributed by atoms with van der Waals surface area (Å²) >= 11 is 0. The van der Waals surface area contributed by atoms with Crippen molar-refractivity contribution in [1.82, 2.24) is 9.78 Å². The van der Waals surface area contributed by atoms with Gasteiger partial charge in [0.25, 0.3) is 0 Å². The van der Waals surface area contributed by atoms with Crippen molar-refractivity contribution in [1.29, 1.82) is 0 Å². The molecule has 0 aliphatic heterocycles. The number of hydrogen-bond acceptors (Lipinski definition) is 3. The Hall–Kier alpha value is -2.17. The maximum atomic E-state index is 11.3. The molecule has 0 spiro atoms. The van der Waals surface area contributed by atoms with Crippen LogP contribution >= 0.6 is 0 Å². The topological polar surface area (TPSA) is 72.2 Å². The summed E-state index contributed by atoms with van der Waals surface area (Å²) in [4.78, 5) is 22.0. The quantitative estimate of drug-likeness (QED) is 0.670. The number of aromatic nitrogens is 2. The first-order valence-corrected chi connectivity index (χ1v) is 3.90. The maximum absolute atomic E-state index is 11.3. The van der Waals surface area contributed by atoms with E-state index >= 15 is 0 Å². The molecule has 1 aromatic heterocycles. The van der Waals surface area contributed by atoms with E-state index in [-0.39, 0.29) is 5.43 Å². The number of rotatable bonds is 0. The molecule has 0 amide bonds. The van der Waals surface area contributed by atoms with Gasteiger partial charge >= 0.3 is 6.09 Å². The van der Waals surface area contributed by atoms with E-state index in [2.05, 4.69) is 5.10 Å². The molecule has 0 fully saturated rings. The first-order chi connectivity index (χ1) is 6.70. The van der Waals surface area contributed by atoms with E-state index in [9.17, 15) is 9.59 Å². The van der Waals surface area contributed by atoms with Gasteiger partial charge in [-0.05, 0) is 12.1 Å². The van der Waals surface area contributed by atoms with E-state index in [0.29, 0.717) is 10.9 Å². The average molecular weight is 190 g/mol. The van der Waals surface area contributed by atoms with Crippen molar-refractivity contribution in [2.75, 3.05) is 0 Å². The smallest absolute Gasteiger partial charge is 0.432 e. The normalized spacial score (nSPS) is 10.3. The Morgan fingerprint density at radius 1 is 1.36 bits per heavy atom. The molecule has 2 rings (SSSR count). The standard InChI is InChI=1S/C9H6N2O3/c12-8-5-10-11(9(13)14)7-4-2-1-3-6(7)8/h1-5H,(H,13,14). The van der Waals surface area contributed by atoms with Gasteiger partial charge in [-0.3, -0.25) is 4.79 Å². The van der Waals surface area contributed by atoms with Crippen molar-refractivity contribution in [3.63, 3.8) is 0 Å². The van der Waals surface area contributed by atoms with Crippen LogP contribution in [0.5, 0.6) is 0 Å². The van der Waals surface area contributed by atoms with Crippen LogP contribution in [-0.2, 0) is 0 Å². The molecular formula is C9H6N2O3. The summed E-state index contributed by atoms with van der Waals surface area (Å²) in [5.74, 6) is 0. The van der Waals surface area contributed by atoms with Crippen LogP contribution in [0.25, 0.3) is 10.9 Å². The third-order valence-corrected chi connectivity index (χ3v) is 1.87. The predicted molar refractivity (Wildman–Crippen MR) is 49.4 cm³/mol. The Kier molecular flexibility index (Phi) is 1.78. The Balaban J connectivity index is 2.96. The van der Waals surface area contributed by atoms with E-state index < -0.39 is 6.09 Å². The van der Waals surface area contributed by atoms with Crippen LogP contribution in [0, 0.1) is 0 Å². The van der Waals surface area contributed by atoms with Crippen LogP contribution in [0.2, 0.25) is 0 Å². The van der Waals surface area contributed by atoms with Gasteiger partial charge in [0, 0.05) is 5.39 Å². The average Bonchev–Trinajstić information content (AvgIpc) is 2.18. The Labute approximate surface area is 78.2 Å². The third-order valence-electron chi connectivity index (χ3n) is 1.87. The van der Waals surface area contributed by atoms with Crippen LogP contribution in [-0.4, -0.2) is 21.0 Å². The minimum atomic E-state index is -1.21. The van der Waals surface area contributed by atoms with Gasteiger partial charge in [-0.2, -0.15) is 9.78 Å². The summed E-state index contributed by atoms with van der Waals surface area (Å²) in [6, 6.07) is 6.44. The second kappa shape index (κ2) is 2.95. The van der Waals surface area contributed by atoms with Crippen molar-refractivity contribution < 1.29 is 9.90 Å². The molecule has 70 valence electrons. The lowest BCUT2D eigenvalue weighted by Gasteiger charge is -2.02. The molecule has 0 unspecified atom stereocenters. The fourth-order valence-electron chi connectivity index (χ4n) is 1.26. The van der Waals surface area contributed by atoms with Crippen LogP contribution in [0.3, 0.4) is 0 Å². The first kappa shape index (κ1) is 8.43. The second-order valence-electron chi connectivity index (χ2n) is 2.72. The molecule has 5 nitrogen and oxygen atoms in total. The van der Waals surface area contributed by atoms with Gasteiger partial charge in [-0.25, -0.2) is 4.79 Å². The molecule has 0 saturated heterocycles. The molecule has 2 aromatic rings. The highest BCUT2D eigenvalue weighted by Crippen LogP contribution is 2.06. The van der Waals surface area contributed by atoms with Crippen molar-refractivity contribution in [2.24, 2.45) is 0 Å². The number of para-hydroxylation sites is 1. The maximum Gasteiger partial charge on any atom is 0.432 e. The van der Waals surface area contributed by atoms with Crippen LogP contribution < -0.4 is 5.43 Å². The number of nitrogens with zero attached hydrogens (tertiary/aromatic N) is 2. The van der Waals surface area contributed by atoms with Gasteiger partial charge < -0.3 is 5.11 Å². The van der Waals surface area contributed by atoms with E-state index in [1.54, 1.807) is 18.2 Å². The van der Waals surface area contributed by atoms with Gasteiger partial charge in [0.15, 0.2) is 0 Å². The molecule has 0 bridgehead atoms. The van der Waals surface area contributed by atoms with Gasteiger partial charge in [0.2, 0.25) is 5.43 Å². The van der Waals surface area contributed by atoms with Crippen molar-refractivity contribution in [3.8, 4) is 0 Å². The molecule has 0 aliphatic rings. The fraction of sp³-hybridized carbons (Fsp3) is 0. The summed E-state index contributed by atoms with van der Waals surface area (Å²) in [7, 11) is 0. The molecule has 0 radical (unpaired) electrons. The Morgan fingerprint density at radius 3 is 2.79 bits per heavy atom. The summed E-state index contributed by atoms with van der Waals surface area (Å²) in [6.45, 7) is 0. The number of carboxylic acid groups (broad SMARTS) is 1. The highest BCUT2D eigenvalue weighted by Gasteiger charge is 2.07. The summed E-state index contributed by atoms with van der Waals surface area (Å²) in [5.41, 5.74) is 0.0191. The Morgan fingerprint density at radius 2 is 2.07 bits per heavy atom. The lowest BCUT2D eigenvalue weighted by molar-refractivity contribution is 0.193. The summed E-state index contributed by atoms with van der Waals surface area (Å²) < 4.78 is 0.775. The molecule has 1 heterocycles. The number of hydrogen-bond donors (Lipinski definition) is 1. The summed E-state index contributed by atoms with van der Waals surface area (Å²) in [6.07, 6.45) is -0.211. The monoisotopic (exact) mass is 190 g/mol. The largest absolute Gasteiger partial charge is 0.463 e. The minimum Gasteiger partial charge on any atom is -0.463 e. The Bertz CT molecular complexity index is 559. The molecule has 14 heavy (non-hydrogen) atoms. The van der Waals surface area contributed by atoms with E-state index in [4.69, 9.17) is 5.11 Å². The van der Waals surface area contributed by atoms with Crippen LogP contribution in [0.15, 0.2) is 35.3 Å². The molecule has 0 atom stereocenters. The molecule has 5 heteroatoms. The zero-order chi connectivity index (χ0) is 10.1. The lowest BCUT2D eigenvalue weighted by Crippen LogP contribution is -2.17. The number of benzene rings is 1. The molecule has 1 aromatic carbocycles. The molecule has 1 N–H and O–H groups in total. The lowest BCUT2D eigenvalue weighted by atomic mass is 10.2. The highest BCUT2D eigenvalue weighted by molar-refractivity contribution is 5.85. The van der Waals surface area contributed by atoms with Crippen LogP contribution in [0.1, 0.15) is 0 Å².